The van der Waals surface area contributed by atoms with Gasteiger partial charge in [0.05, 0.1) is 6.04 Å². The van der Waals surface area contributed by atoms with Crippen molar-refractivity contribution < 1.29 is 0 Å². The van der Waals surface area contributed by atoms with Gasteiger partial charge >= 0.3 is 0 Å². The van der Waals surface area contributed by atoms with Gasteiger partial charge in [-0.2, -0.15) is 15.0 Å². The van der Waals surface area contributed by atoms with E-state index in [2.05, 4.69) is 23.2 Å². The van der Waals surface area contributed by atoms with E-state index in [1.807, 2.05) is 37.3 Å². The van der Waals surface area contributed by atoms with E-state index in [9.17, 15) is 0 Å². The molecule has 0 saturated heterocycles. The van der Waals surface area contributed by atoms with Gasteiger partial charge < -0.3 is 0 Å². The highest BCUT2D eigenvalue weighted by Crippen LogP contribution is 2.11. The molecule has 1 atom stereocenters. The lowest BCUT2D eigenvalue weighted by Gasteiger charge is -2.02. The summed E-state index contributed by atoms with van der Waals surface area (Å²) in [7, 11) is 0. The van der Waals surface area contributed by atoms with Crippen LogP contribution in [0.5, 0.6) is 0 Å². The van der Waals surface area contributed by atoms with Crippen molar-refractivity contribution in [3.63, 3.8) is 0 Å². The molecule has 0 aliphatic carbocycles. The maximum atomic E-state index is 4.39. The molecule has 0 fully saturated rings. The fourth-order valence-corrected chi connectivity index (χ4v) is 1.41. The first kappa shape index (κ1) is 8.94. The van der Waals surface area contributed by atoms with Gasteiger partial charge in [-0.15, -0.1) is 0 Å². The van der Waals surface area contributed by atoms with E-state index in [-0.39, 0.29) is 6.04 Å². The number of fused-ring (bicyclic) bond motifs is 1. The van der Waals surface area contributed by atoms with Gasteiger partial charge in [0.25, 0.3) is 0 Å². The Balaban J connectivity index is 2.44. The van der Waals surface area contributed by atoms with Gasteiger partial charge in [-0.3, -0.25) is 0 Å². The third-order valence-electron chi connectivity index (χ3n) is 2.14. The number of allylic oxidation sites excluding steroid dienone is 2. The molecule has 1 aromatic heterocycles. The molecule has 72 valence electrons. The van der Waals surface area contributed by atoms with Gasteiger partial charge in [0, 0.05) is 0 Å². The minimum atomic E-state index is 0.215. The molecule has 3 heteroatoms. The molecule has 1 unspecified atom stereocenters. The maximum absolute atomic E-state index is 4.39. The second-order valence-corrected chi connectivity index (χ2v) is 3.28. The number of rotatable bonds is 2. The third kappa shape index (κ3) is 1.53. The highest BCUT2D eigenvalue weighted by Gasteiger charge is 2.04. The van der Waals surface area contributed by atoms with Crippen molar-refractivity contribution in [2.75, 3.05) is 0 Å². The summed E-state index contributed by atoms with van der Waals surface area (Å²) in [6.07, 6.45) is 4.08. The minimum Gasteiger partial charge on any atom is -0.177 e. The molecule has 0 bridgehead atoms. The Labute approximate surface area is 83.0 Å². The predicted octanol–water partition coefficient (Wildman–Crippen LogP) is 2.57. The predicted molar refractivity (Wildman–Crippen MR) is 57.1 cm³/mol. The fraction of sp³-hybridized carbons (Fsp3) is 0.273. The highest BCUT2D eigenvalue weighted by molar-refractivity contribution is 5.72. The molecule has 0 spiro atoms. The van der Waals surface area contributed by atoms with E-state index < -0.39 is 0 Å². The van der Waals surface area contributed by atoms with Crippen LogP contribution < -0.4 is 0 Å². The zero-order valence-corrected chi connectivity index (χ0v) is 8.38. The van der Waals surface area contributed by atoms with E-state index in [1.54, 1.807) is 4.80 Å². The standard InChI is InChI=1S/C11H13N3/c1-3-6-9(2)14-12-10-7-4-5-8-11(10)13-14/h3-9H,1-2H3. The van der Waals surface area contributed by atoms with Crippen LogP contribution in [0.3, 0.4) is 0 Å². The topological polar surface area (TPSA) is 30.7 Å². The fourth-order valence-electron chi connectivity index (χ4n) is 1.41. The van der Waals surface area contributed by atoms with E-state index in [4.69, 9.17) is 0 Å². The Morgan fingerprint density at radius 2 is 1.79 bits per heavy atom. The van der Waals surface area contributed by atoms with E-state index >= 15 is 0 Å². The van der Waals surface area contributed by atoms with Crippen LogP contribution in [0.15, 0.2) is 36.4 Å². The smallest absolute Gasteiger partial charge is 0.113 e. The van der Waals surface area contributed by atoms with Crippen molar-refractivity contribution in [2.24, 2.45) is 0 Å². The highest BCUT2D eigenvalue weighted by atomic mass is 15.5. The first-order chi connectivity index (χ1) is 6.81. The zero-order chi connectivity index (χ0) is 9.97. The molecule has 14 heavy (non-hydrogen) atoms. The number of nitrogens with zero attached hydrogens (tertiary/aromatic N) is 3. The first-order valence-corrected chi connectivity index (χ1v) is 4.75. The van der Waals surface area contributed by atoms with Crippen molar-refractivity contribution >= 4 is 11.0 Å². The number of hydrogen-bond donors (Lipinski definition) is 0. The van der Waals surface area contributed by atoms with Crippen LogP contribution >= 0.6 is 0 Å². The summed E-state index contributed by atoms with van der Waals surface area (Å²) in [5, 5.41) is 8.77. The number of benzene rings is 1. The van der Waals surface area contributed by atoms with Gasteiger partial charge in [0.2, 0.25) is 0 Å². The summed E-state index contributed by atoms with van der Waals surface area (Å²) in [4.78, 5) is 1.74. The first-order valence-electron chi connectivity index (χ1n) is 4.75. The molecular formula is C11H13N3. The van der Waals surface area contributed by atoms with Gasteiger partial charge in [0.1, 0.15) is 11.0 Å². The third-order valence-corrected chi connectivity index (χ3v) is 2.14. The average Bonchev–Trinajstić information content (AvgIpc) is 2.61. The molecule has 2 rings (SSSR count). The molecule has 2 aromatic rings. The molecule has 1 aromatic carbocycles. The Morgan fingerprint density at radius 3 is 2.29 bits per heavy atom. The van der Waals surface area contributed by atoms with Crippen molar-refractivity contribution in [3.05, 3.63) is 36.4 Å². The Morgan fingerprint density at radius 1 is 1.21 bits per heavy atom. The summed E-state index contributed by atoms with van der Waals surface area (Å²) in [5.41, 5.74) is 1.90. The molecule has 0 N–H and O–H groups in total. The summed E-state index contributed by atoms with van der Waals surface area (Å²) in [6, 6.07) is 8.11. The van der Waals surface area contributed by atoms with Crippen molar-refractivity contribution in [3.8, 4) is 0 Å². The number of aromatic nitrogens is 3. The Hall–Kier alpha value is -1.64. The van der Waals surface area contributed by atoms with Crippen LogP contribution in [-0.2, 0) is 0 Å². The molecule has 3 nitrogen and oxygen atoms in total. The second-order valence-electron chi connectivity index (χ2n) is 3.28. The summed E-state index contributed by atoms with van der Waals surface area (Å²) in [6.45, 7) is 4.07. The van der Waals surface area contributed by atoms with Crippen molar-refractivity contribution in [1.82, 2.24) is 15.0 Å². The maximum Gasteiger partial charge on any atom is 0.113 e. The molecule has 0 saturated carbocycles. The normalized spacial score (nSPS) is 13.9. The summed E-state index contributed by atoms with van der Waals surface area (Å²) < 4.78 is 0. The second kappa shape index (κ2) is 3.62. The molecule has 0 radical (unpaired) electrons. The molecule has 0 amide bonds. The van der Waals surface area contributed by atoms with Crippen LogP contribution in [0.2, 0.25) is 0 Å². The molecular weight excluding hydrogens is 174 g/mol. The largest absolute Gasteiger partial charge is 0.177 e. The lowest BCUT2D eigenvalue weighted by Crippen LogP contribution is -2.05. The van der Waals surface area contributed by atoms with Gasteiger partial charge in [-0.05, 0) is 26.0 Å². The SMILES string of the molecule is CC=CC(C)n1nc2ccccc2n1. The van der Waals surface area contributed by atoms with Crippen LogP contribution in [0.4, 0.5) is 0 Å². The Bertz CT molecular complexity index is 423. The quantitative estimate of drug-likeness (QED) is 0.676. The average molecular weight is 187 g/mol. The summed E-state index contributed by atoms with van der Waals surface area (Å²) in [5.74, 6) is 0. The molecule has 0 aliphatic rings. The van der Waals surface area contributed by atoms with Crippen LogP contribution in [0, 0.1) is 0 Å². The molecule has 0 aliphatic heterocycles. The van der Waals surface area contributed by atoms with Gasteiger partial charge in [0.15, 0.2) is 0 Å². The van der Waals surface area contributed by atoms with Crippen LogP contribution in [0.25, 0.3) is 11.0 Å². The Kier molecular flexibility index (Phi) is 2.31. The van der Waals surface area contributed by atoms with E-state index in [0.717, 1.165) is 11.0 Å². The van der Waals surface area contributed by atoms with Crippen molar-refractivity contribution in [2.45, 2.75) is 19.9 Å². The van der Waals surface area contributed by atoms with Crippen molar-refractivity contribution in [1.29, 1.82) is 0 Å². The summed E-state index contributed by atoms with van der Waals surface area (Å²) >= 11 is 0. The van der Waals surface area contributed by atoms with Gasteiger partial charge in [-0.1, -0.05) is 24.3 Å². The minimum absolute atomic E-state index is 0.215. The van der Waals surface area contributed by atoms with E-state index in [1.165, 1.54) is 0 Å². The van der Waals surface area contributed by atoms with Crippen LogP contribution in [0.1, 0.15) is 19.9 Å². The zero-order valence-electron chi connectivity index (χ0n) is 8.38. The van der Waals surface area contributed by atoms with Crippen LogP contribution in [-0.4, -0.2) is 15.0 Å². The lowest BCUT2D eigenvalue weighted by molar-refractivity contribution is 0.512. The monoisotopic (exact) mass is 187 g/mol. The van der Waals surface area contributed by atoms with Gasteiger partial charge in [-0.25, -0.2) is 0 Å². The number of hydrogen-bond acceptors (Lipinski definition) is 2. The lowest BCUT2D eigenvalue weighted by atomic mass is 10.3. The van der Waals surface area contributed by atoms with E-state index in [0.29, 0.717) is 0 Å². The molecule has 1 heterocycles.